The lowest BCUT2D eigenvalue weighted by Crippen LogP contribution is -1.92. The molecule has 0 aliphatic carbocycles. The molecule has 0 saturated carbocycles. The number of aromatic amines is 1. The van der Waals surface area contributed by atoms with Gasteiger partial charge in [0.1, 0.15) is 17.7 Å². The molecule has 0 spiro atoms. The van der Waals surface area contributed by atoms with Crippen molar-refractivity contribution in [2.24, 2.45) is 0 Å². The molecule has 8 heteroatoms. The van der Waals surface area contributed by atoms with Crippen molar-refractivity contribution in [2.45, 2.75) is 13.3 Å². The first kappa shape index (κ1) is 18.0. The van der Waals surface area contributed by atoms with E-state index in [9.17, 15) is 4.39 Å². The third kappa shape index (κ3) is 3.54. The van der Waals surface area contributed by atoms with Crippen LogP contribution >= 0.6 is 11.3 Å². The number of nitrogens with zero attached hydrogens (tertiary/aromatic N) is 4. The van der Waals surface area contributed by atoms with Gasteiger partial charge in [0.25, 0.3) is 0 Å². The predicted molar refractivity (Wildman–Crippen MR) is 110 cm³/mol. The molecular formula is C20H17FN6S. The number of rotatable bonds is 2. The number of benzene rings is 1. The number of thiophene rings is 1. The van der Waals surface area contributed by atoms with Gasteiger partial charge >= 0.3 is 0 Å². The highest BCUT2D eigenvalue weighted by atomic mass is 32.1. The lowest BCUT2D eigenvalue weighted by Gasteiger charge is -2.07. The minimum atomic E-state index is -0.239. The highest BCUT2D eigenvalue weighted by molar-refractivity contribution is 7.13. The van der Waals surface area contributed by atoms with Crippen LogP contribution in [0.25, 0.3) is 32.6 Å². The van der Waals surface area contributed by atoms with E-state index in [-0.39, 0.29) is 5.82 Å². The van der Waals surface area contributed by atoms with Crippen molar-refractivity contribution < 1.29 is 4.39 Å². The fourth-order valence-corrected chi connectivity index (χ4v) is 3.61. The van der Waals surface area contributed by atoms with Crippen LogP contribution in [-0.4, -0.2) is 24.9 Å². The van der Waals surface area contributed by atoms with Gasteiger partial charge in [0.2, 0.25) is 0 Å². The minimum absolute atomic E-state index is 0.239. The fraction of sp³-hybridized carbons (Fsp3) is 0.100. The average Bonchev–Trinajstić information content (AvgIpc) is 3.40. The molecule has 5 rings (SSSR count). The number of anilines is 1. The number of aryl methyl sites for hydroxylation is 1. The summed E-state index contributed by atoms with van der Waals surface area (Å²) in [6, 6.07) is 10.9. The van der Waals surface area contributed by atoms with Crippen LogP contribution < -0.4 is 5.73 Å². The van der Waals surface area contributed by atoms with Gasteiger partial charge in [0, 0.05) is 11.5 Å². The van der Waals surface area contributed by atoms with Gasteiger partial charge in [-0.2, -0.15) is 0 Å². The highest BCUT2D eigenvalue weighted by Gasteiger charge is 2.09. The normalized spacial score (nSPS) is 10.8. The molecule has 0 aliphatic rings. The van der Waals surface area contributed by atoms with Gasteiger partial charge in [-0.3, -0.25) is 0 Å². The summed E-state index contributed by atoms with van der Waals surface area (Å²) in [5.74, 6) is 0.193. The van der Waals surface area contributed by atoms with Gasteiger partial charge in [0.15, 0.2) is 11.5 Å². The molecule has 28 heavy (non-hydrogen) atoms. The zero-order valence-corrected chi connectivity index (χ0v) is 15.9. The van der Waals surface area contributed by atoms with Crippen LogP contribution in [0.15, 0.2) is 54.4 Å². The molecule has 0 fully saturated rings. The standard InChI is InChI=1S/C15H12FNS.C5H5N5/c1-2-10-8-11-5-6-12(16)9-13(11)17-15(10)14-4-3-7-18-14;6-4-3-5(9-1-7-3)10-2-8-4/h3-9H,2H2,1H3;1-2H,(H3,6,7,8,9,10). The largest absolute Gasteiger partial charge is 0.382 e. The van der Waals surface area contributed by atoms with Crippen molar-refractivity contribution in [3.8, 4) is 10.6 Å². The van der Waals surface area contributed by atoms with Gasteiger partial charge in [-0.05, 0) is 41.6 Å². The number of nitrogen functional groups attached to an aromatic ring is 1. The van der Waals surface area contributed by atoms with Crippen molar-refractivity contribution in [3.05, 3.63) is 65.8 Å². The number of hydrogen-bond donors (Lipinski definition) is 2. The average molecular weight is 392 g/mol. The van der Waals surface area contributed by atoms with E-state index < -0.39 is 0 Å². The van der Waals surface area contributed by atoms with Crippen LogP contribution in [-0.2, 0) is 6.42 Å². The molecule has 0 aliphatic heterocycles. The second kappa shape index (κ2) is 7.69. The summed E-state index contributed by atoms with van der Waals surface area (Å²) in [6.07, 6.45) is 3.85. The maximum absolute atomic E-state index is 13.3. The van der Waals surface area contributed by atoms with Crippen LogP contribution in [0.2, 0.25) is 0 Å². The molecule has 4 aromatic heterocycles. The second-order valence-electron chi connectivity index (χ2n) is 6.02. The number of imidazole rings is 1. The third-order valence-corrected chi connectivity index (χ3v) is 5.12. The molecule has 5 aromatic rings. The molecule has 0 saturated heterocycles. The number of aromatic nitrogens is 5. The molecule has 1 aromatic carbocycles. The van der Waals surface area contributed by atoms with Gasteiger partial charge in [0.05, 0.1) is 22.4 Å². The lowest BCUT2D eigenvalue weighted by molar-refractivity contribution is 0.629. The number of halogens is 1. The number of hydrogen-bond acceptors (Lipinski definition) is 6. The van der Waals surface area contributed by atoms with Crippen molar-refractivity contribution in [1.82, 2.24) is 24.9 Å². The van der Waals surface area contributed by atoms with Crippen LogP contribution in [0.1, 0.15) is 12.5 Å². The van der Waals surface area contributed by atoms with E-state index >= 15 is 0 Å². The Kier molecular flexibility index (Phi) is 4.94. The number of nitrogens with two attached hydrogens (primary N) is 1. The zero-order valence-electron chi connectivity index (χ0n) is 15.1. The van der Waals surface area contributed by atoms with Gasteiger partial charge < -0.3 is 10.7 Å². The summed E-state index contributed by atoms with van der Waals surface area (Å²) in [4.78, 5) is 20.1. The number of pyridine rings is 1. The lowest BCUT2D eigenvalue weighted by atomic mass is 10.1. The van der Waals surface area contributed by atoms with E-state index in [0.717, 1.165) is 27.9 Å². The Labute approximate surface area is 164 Å². The van der Waals surface area contributed by atoms with Crippen molar-refractivity contribution in [1.29, 1.82) is 0 Å². The maximum atomic E-state index is 13.3. The monoisotopic (exact) mass is 392 g/mol. The Bertz CT molecular complexity index is 1230. The molecule has 0 amide bonds. The number of fused-ring (bicyclic) bond motifs is 2. The summed E-state index contributed by atoms with van der Waals surface area (Å²) in [6.45, 7) is 2.11. The molecule has 3 N–H and O–H groups in total. The quantitative estimate of drug-likeness (QED) is 0.458. The van der Waals surface area contributed by atoms with Crippen molar-refractivity contribution in [2.75, 3.05) is 5.73 Å². The fourth-order valence-electron chi connectivity index (χ4n) is 2.86. The Hall–Kier alpha value is -3.39. The molecule has 140 valence electrons. The molecular weight excluding hydrogens is 375 g/mol. The molecule has 0 unspecified atom stereocenters. The summed E-state index contributed by atoms with van der Waals surface area (Å²) >= 11 is 1.66. The topological polar surface area (TPSA) is 93.4 Å². The van der Waals surface area contributed by atoms with Crippen LogP contribution in [0.3, 0.4) is 0 Å². The van der Waals surface area contributed by atoms with E-state index in [1.807, 2.05) is 11.4 Å². The summed E-state index contributed by atoms with van der Waals surface area (Å²) in [5.41, 5.74) is 9.68. The smallest absolute Gasteiger partial charge is 0.182 e. The van der Waals surface area contributed by atoms with Gasteiger partial charge in [-0.1, -0.05) is 13.0 Å². The predicted octanol–water partition coefficient (Wildman–Crippen LogP) is 4.60. The maximum Gasteiger partial charge on any atom is 0.182 e. The number of H-pyrrole nitrogens is 1. The van der Waals surface area contributed by atoms with Gasteiger partial charge in [-0.25, -0.2) is 24.3 Å². The van der Waals surface area contributed by atoms with E-state index in [4.69, 9.17) is 5.73 Å². The van der Waals surface area contributed by atoms with Crippen molar-refractivity contribution >= 4 is 39.2 Å². The first-order chi connectivity index (χ1) is 13.7. The molecule has 0 radical (unpaired) electrons. The van der Waals surface area contributed by atoms with Crippen LogP contribution in [0.4, 0.5) is 10.2 Å². The Morgan fingerprint density at radius 1 is 1.14 bits per heavy atom. The number of nitrogens with one attached hydrogen (secondary N) is 1. The summed E-state index contributed by atoms with van der Waals surface area (Å²) in [7, 11) is 0. The minimum Gasteiger partial charge on any atom is -0.382 e. The Balaban J connectivity index is 0.000000162. The first-order valence-corrected chi connectivity index (χ1v) is 9.56. The molecule has 4 heterocycles. The van der Waals surface area contributed by atoms with E-state index in [1.165, 1.54) is 30.4 Å². The third-order valence-electron chi connectivity index (χ3n) is 4.25. The molecule has 6 nitrogen and oxygen atoms in total. The van der Waals surface area contributed by atoms with E-state index in [2.05, 4.69) is 44.0 Å². The Morgan fingerprint density at radius 3 is 2.79 bits per heavy atom. The van der Waals surface area contributed by atoms with E-state index in [0.29, 0.717) is 17.0 Å². The van der Waals surface area contributed by atoms with Crippen molar-refractivity contribution in [3.63, 3.8) is 0 Å². The first-order valence-electron chi connectivity index (χ1n) is 8.68. The molecule has 0 atom stereocenters. The zero-order chi connectivity index (χ0) is 19.5. The SMILES string of the molecule is CCc1cc2ccc(F)cc2nc1-c1cccs1.Nc1ncnc2nc[nH]c12. The van der Waals surface area contributed by atoms with E-state index in [1.54, 1.807) is 17.4 Å². The van der Waals surface area contributed by atoms with Gasteiger partial charge in [-0.15, -0.1) is 11.3 Å². The Morgan fingerprint density at radius 2 is 2.04 bits per heavy atom. The highest BCUT2D eigenvalue weighted by Crippen LogP contribution is 2.29. The summed E-state index contributed by atoms with van der Waals surface area (Å²) in [5, 5.41) is 3.03. The van der Waals surface area contributed by atoms with Crippen LogP contribution in [0, 0.1) is 5.82 Å². The van der Waals surface area contributed by atoms with Crippen LogP contribution in [0.5, 0.6) is 0 Å². The molecule has 0 bridgehead atoms. The summed E-state index contributed by atoms with van der Waals surface area (Å²) < 4.78 is 13.3. The second-order valence-corrected chi connectivity index (χ2v) is 6.97.